The van der Waals surface area contributed by atoms with Gasteiger partial charge in [0.2, 0.25) is 0 Å². The third kappa shape index (κ3) is 6.13. The molecule has 2 atom stereocenters. The van der Waals surface area contributed by atoms with E-state index in [-0.39, 0.29) is 11.9 Å². The van der Waals surface area contributed by atoms with Gasteiger partial charge in [-0.15, -0.1) is 0 Å². The van der Waals surface area contributed by atoms with Crippen LogP contribution in [0, 0.1) is 13.8 Å². The van der Waals surface area contributed by atoms with Crippen LogP contribution in [0.4, 0.5) is 0 Å². The molecule has 2 unspecified atom stereocenters. The van der Waals surface area contributed by atoms with Crippen LogP contribution in [0.3, 0.4) is 0 Å². The van der Waals surface area contributed by atoms with Crippen LogP contribution in [0.1, 0.15) is 78.0 Å². The molecule has 0 saturated carbocycles. The fraction of sp³-hybridized carbons (Fsp3) is 0.312. The van der Waals surface area contributed by atoms with Crippen LogP contribution in [0.2, 0.25) is 10.0 Å². The first-order valence-electron chi connectivity index (χ1n) is 13.3. The molecule has 210 valence electrons. The minimum absolute atomic E-state index is 0.125. The summed E-state index contributed by atoms with van der Waals surface area (Å²) in [7, 11) is 0. The van der Waals surface area contributed by atoms with E-state index < -0.39 is 12.0 Å². The molecular weight excluding hydrogens is 545 g/mol. The monoisotopic (exact) mass is 579 g/mol. The summed E-state index contributed by atoms with van der Waals surface area (Å²) in [6, 6.07) is 17.3. The SMILES string of the molecule is Cc1c(C)n(Cc2cc(OC(C)C(N)=O)c(Cl)cc2Cl)c2ccc(C(=O)NC(C)c3cccc(C(C)C)c3)cc12. The summed E-state index contributed by atoms with van der Waals surface area (Å²) in [6.45, 7) is 12.4. The number of nitrogens with one attached hydrogen (secondary N) is 1. The number of halogens is 2. The molecule has 0 bridgehead atoms. The highest BCUT2D eigenvalue weighted by Crippen LogP contribution is 2.34. The van der Waals surface area contributed by atoms with Crippen molar-refractivity contribution in [1.82, 2.24) is 9.88 Å². The van der Waals surface area contributed by atoms with Crippen molar-refractivity contribution < 1.29 is 14.3 Å². The molecule has 3 N–H and O–H groups in total. The van der Waals surface area contributed by atoms with Crippen LogP contribution in [0.15, 0.2) is 54.6 Å². The van der Waals surface area contributed by atoms with E-state index in [0.717, 1.165) is 33.3 Å². The minimum Gasteiger partial charge on any atom is -0.479 e. The number of nitrogens with two attached hydrogens (primary N) is 1. The first-order valence-corrected chi connectivity index (χ1v) is 14.1. The maximum Gasteiger partial charge on any atom is 0.258 e. The first kappa shape index (κ1) is 29.5. The van der Waals surface area contributed by atoms with Crippen LogP contribution in [-0.2, 0) is 11.3 Å². The van der Waals surface area contributed by atoms with E-state index in [1.165, 1.54) is 5.56 Å². The van der Waals surface area contributed by atoms with Gasteiger partial charge in [-0.1, -0.05) is 61.3 Å². The summed E-state index contributed by atoms with van der Waals surface area (Å²) in [5.41, 5.74) is 12.1. The fourth-order valence-corrected chi connectivity index (χ4v) is 5.23. The number of carbonyl (C=O) groups excluding carboxylic acids is 2. The molecule has 0 aliphatic rings. The third-order valence-electron chi connectivity index (χ3n) is 7.46. The Bertz CT molecular complexity index is 1590. The molecule has 2 amide bonds. The zero-order valence-corrected chi connectivity index (χ0v) is 25.2. The van der Waals surface area contributed by atoms with Crippen molar-refractivity contribution in [2.75, 3.05) is 0 Å². The standard InChI is InChI=1S/C32H35Cl2N3O3/c1-17(2)22-8-7-9-23(12-22)19(4)36-32(39)24-10-11-29-26(13-24)18(3)20(5)37(29)16-25-14-30(28(34)15-27(25)33)40-21(6)31(35)38/h7-15,17,19,21H,16H2,1-6H3,(H2,35,38)(H,36,39). The summed E-state index contributed by atoms with van der Waals surface area (Å²) in [5, 5.41) is 4.91. The number of benzene rings is 3. The van der Waals surface area contributed by atoms with E-state index in [2.05, 4.69) is 35.9 Å². The van der Waals surface area contributed by atoms with Crippen LogP contribution in [0.5, 0.6) is 5.75 Å². The van der Waals surface area contributed by atoms with Crippen LogP contribution in [0.25, 0.3) is 10.9 Å². The number of amides is 2. The van der Waals surface area contributed by atoms with Crippen LogP contribution >= 0.6 is 23.2 Å². The molecule has 1 aromatic heterocycles. The largest absolute Gasteiger partial charge is 0.479 e. The molecule has 0 radical (unpaired) electrons. The maximum absolute atomic E-state index is 13.2. The van der Waals surface area contributed by atoms with E-state index in [1.807, 2.05) is 51.1 Å². The number of aromatic nitrogens is 1. The predicted octanol–water partition coefficient (Wildman–Crippen LogP) is 7.48. The molecule has 0 spiro atoms. The average molecular weight is 581 g/mol. The van der Waals surface area contributed by atoms with Crippen molar-refractivity contribution in [3.63, 3.8) is 0 Å². The number of primary amides is 1. The number of aryl methyl sites for hydroxylation is 1. The number of nitrogens with zero attached hydrogens (tertiary/aromatic N) is 1. The second-order valence-corrected chi connectivity index (χ2v) is 11.4. The Balaban J connectivity index is 1.61. The van der Waals surface area contributed by atoms with E-state index >= 15 is 0 Å². The van der Waals surface area contributed by atoms with E-state index in [0.29, 0.717) is 33.8 Å². The molecule has 0 saturated heterocycles. The van der Waals surface area contributed by atoms with Gasteiger partial charge in [-0.25, -0.2) is 0 Å². The summed E-state index contributed by atoms with van der Waals surface area (Å²) in [6.07, 6.45) is -0.839. The van der Waals surface area contributed by atoms with Gasteiger partial charge >= 0.3 is 0 Å². The molecule has 1 heterocycles. The van der Waals surface area contributed by atoms with Crippen molar-refractivity contribution in [1.29, 1.82) is 0 Å². The fourth-order valence-electron chi connectivity index (χ4n) is 4.75. The van der Waals surface area contributed by atoms with Gasteiger partial charge in [-0.2, -0.15) is 0 Å². The van der Waals surface area contributed by atoms with Gasteiger partial charge in [0, 0.05) is 33.7 Å². The average Bonchev–Trinajstić information content (AvgIpc) is 3.15. The number of hydrogen-bond acceptors (Lipinski definition) is 3. The highest BCUT2D eigenvalue weighted by Gasteiger charge is 2.19. The zero-order valence-electron chi connectivity index (χ0n) is 23.6. The van der Waals surface area contributed by atoms with Gasteiger partial charge in [-0.05, 0) is 86.2 Å². The number of ether oxygens (including phenoxy) is 1. The van der Waals surface area contributed by atoms with Crippen LogP contribution < -0.4 is 15.8 Å². The summed E-state index contributed by atoms with van der Waals surface area (Å²) >= 11 is 12.9. The number of fused-ring (bicyclic) bond motifs is 1. The smallest absolute Gasteiger partial charge is 0.258 e. The van der Waals surface area contributed by atoms with Gasteiger partial charge in [0.1, 0.15) is 5.75 Å². The van der Waals surface area contributed by atoms with E-state index in [9.17, 15) is 9.59 Å². The van der Waals surface area contributed by atoms with Gasteiger partial charge in [0.15, 0.2) is 6.10 Å². The topological polar surface area (TPSA) is 86.3 Å². The molecule has 0 aliphatic heterocycles. The van der Waals surface area contributed by atoms with E-state index in [4.69, 9.17) is 33.7 Å². The summed E-state index contributed by atoms with van der Waals surface area (Å²) < 4.78 is 7.81. The lowest BCUT2D eigenvalue weighted by atomic mass is 9.98. The number of carbonyl (C=O) groups is 2. The lowest BCUT2D eigenvalue weighted by molar-refractivity contribution is -0.123. The van der Waals surface area contributed by atoms with Crippen molar-refractivity contribution in [3.8, 4) is 5.75 Å². The van der Waals surface area contributed by atoms with Gasteiger partial charge in [-0.3, -0.25) is 9.59 Å². The van der Waals surface area contributed by atoms with E-state index in [1.54, 1.807) is 19.1 Å². The van der Waals surface area contributed by atoms with Gasteiger partial charge in [0.05, 0.1) is 11.1 Å². The molecule has 40 heavy (non-hydrogen) atoms. The van der Waals surface area contributed by atoms with Crippen molar-refractivity contribution in [3.05, 3.63) is 98.2 Å². The third-order valence-corrected chi connectivity index (χ3v) is 8.11. The molecule has 0 aliphatic carbocycles. The Morgan fingerprint density at radius 2 is 1.65 bits per heavy atom. The minimum atomic E-state index is -0.839. The quantitative estimate of drug-likeness (QED) is 0.215. The van der Waals surface area contributed by atoms with Gasteiger partial charge in [0.25, 0.3) is 11.8 Å². The van der Waals surface area contributed by atoms with Crippen molar-refractivity contribution in [2.45, 2.75) is 66.2 Å². The second kappa shape index (κ2) is 11.9. The van der Waals surface area contributed by atoms with Crippen molar-refractivity contribution in [2.24, 2.45) is 5.73 Å². The summed E-state index contributed by atoms with van der Waals surface area (Å²) in [4.78, 5) is 24.7. The molecule has 6 nitrogen and oxygen atoms in total. The zero-order chi connectivity index (χ0) is 29.3. The summed E-state index contributed by atoms with van der Waals surface area (Å²) in [5.74, 6) is 0.0419. The molecule has 0 fully saturated rings. The Morgan fingerprint density at radius 1 is 0.950 bits per heavy atom. The molecular formula is C32H35Cl2N3O3. The Labute approximate surface area is 245 Å². The highest BCUT2D eigenvalue weighted by atomic mass is 35.5. The Morgan fingerprint density at radius 3 is 2.33 bits per heavy atom. The normalized spacial score (nSPS) is 12.9. The maximum atomic E-state index is 13.2. The van der Waals surface area contributed by atoms with Crippen molar-refractivity contribution >= 4 is 45.9 Å². The second-order valence-electron chi connectivity index (χ2n) is 10.6. The Kier molecular flexibility index (Phi) is 8.81. The Hall–Kier alpha value is -3.48. The van der Waals surface area contributed by atoms with Crippen LogP contribution in [-0.4, -0.2) is 22.5 Å². The number of hydrogen-bond donors (Lipinski definition) is 2. The predicted molar refractivity (Wildman–Crippen MR) is 163 cm³/mol. The first-order chi connectivity index (χ1) is 18.9. The van der Waals surface area contributed by atoms with Gasteiger partial charge < -0.3 is 20.4 Å². The molecule has 3 aromatic carbocycles. The molecule has 4 aromatic rings. The lowest BCUT2D eigenvalue weighted by Crippen LogP contribution is -2.30. The number of rotatable bonds is 9. The lowest BCUT2D eigenvalue weighted by Gasteiger charge is -2.17. The molecule has 4 rings (SSSR count). The molecule has 8 heteroatoms. The highest BCUT2D eigenvalue weighted by molar-refractivity contribution is 6.36.